The number of nitrogens with one attached hydrogen (secondary N) is 1. The lowest BCUT2D eigenvalue weighted by molar-refractivity contribution is 0.0947. The Bertz CT molecular complexity index is 950. The van der Waals surface area contributed by atoms with Gasteiger partial charge in [-0.25, -0.2) is 13.2 Å². The molecule has 0 saturated carbocycles. The van der Waals surface area contributed by atoms with Crippen molar-refractivity contribution in [2.24, 2.45) is 0 Å². The molecule has 1 amide bonds. The summed E-state index contributed by atoms with van der Waals surface area (Å²) in [7, 11) is 0. The van der Waals surface area contributed by atoms with Gasteiger partial charge in [-0.1, -0.05) is 0 Å². The van der Waals surface area contributed by atoms with Crippen LogP contribution in [0, 0.1) is 31.3 Å². The minimum absolute atomic E-state index is 0.108. The predicted molar refractivity (Wildman–Crippen MR) is 93.4 cm³/mol. The van der Waals surface area contributed by atoms with Crippen molar-refractivity contribution < 1.29 is 22.7 Å². The third-order valence-electron chi connectivity index (χ3n) is 4.63. The van der Waals surface area contributed by atoms with E-state index >= 15 is 0 Å². The van der Waals surface area contributed by atoms with Gasteiger partial charge in [0, 0.05) is 12.3 Å². The number of halogens is 3. The molecule has 1 aliphatic heterocycles. The number of carbonyl (C=O) groups excluding carboxylic acids is 1. The van der Waals surface area contributed by atoms with Crippen LogP contribution in [0.4, 0.5) is 18.9 Å². The largest absolute Gasteiger partial charge is 0.376 e. The summed E-state index contributed by atoms with van der Waals surface area (Å²) in [4.78, 5) is 25.4. The van der Waals surface area contributed by atoms with Crippen LogP contribution >= 0.6 is 0 Å². The van der Waals surface area contributed by atoms with E-state index in [9.17, 15) is 22.8 Å². The van der Waals surface area contributed by atoms with E-state index in [-0.39, 0.29) is 11.7 Å². The molecule has 144 valence electrons. The number of amides is 1. The minimum Gasteiger partial charge on any atom is -0.376 e. The fourth-order valence-corrected chi connectivity index (χ4v) is 3.23. The molecule has 27 heavy (non-hydrogen) atoms. The number of nitrogens with zero attached hydrogens (tertiary/aromatic N) is 1. The second kappa shape index (κ2) is 7.56. The van der Waals surface area contributed by atoms with E-state index in [0.29, 0.717) is 30.5 Å². The highest BCUT2D eigenvalue weighted by Crippen LogP contribution is 2.21. The maximum Gasteiger partial charge on any atom is 0.263 e. The standard InChI is InChI=1S/C19H19F3N2O3/c1-10-8-11(2)24(9-12-4-3-7-27-12)19(26)15(10)18(25)23-14-6-5-13(20)16(21)17(14)22/h5-6,8,12H,3-4,7,9H2,1-2H3,(H,23,25). The van der Waals surface area contributed by atoms with Crippen LogP contribution in [0.3, 0.4) is 0 Å². The van der Waals surface area contributed by atoms with Crippen molar-refractivity contribution >= 4 is 11.6 Å². The van der Waals surface area contributed by atoms with Crippen molar-refractivity contribution in [2.45, 2.75) is 39.3 Å². The fourth-order valence-electron chi connectivity index (χ4n) is 3.23. The Hall–Kier alpha value is -2.61. The van der Waals surface area contributed by atoms with E-state index in [0.717, 1.165) is 18.9 Å². The molecule has 1 saturated heterocycles. The molecule has 2 aromatic rings. The molecule has 2 heterocycles. The first-order valence-electron chi connectivity index (χ1n) is 8.57. The Morgan fingerprint density at radius 3 is 2.67 bits per heavy atom. The normalized spacial score (nSPS) is 16.6. The van der Waals surface area contributed by atoms with Crippen molar-refractivity contribution in [1.29, 1.82) is 0 Å². The third kappa shape index (κ3) is 3.75. The van der Waals surface area contributed by atoms with Gasteiger partial charge in [-0.05, 0) is 50.5 Å². The van der Waals surface area contributed by atoms with Gasteiger partial charge in [-0.2, -0.15) is 0 Å². The number of anilines is 1. The number of rotatable bonds is 4. The van der Waals surface area contributed by atoms with Crippen LogP contribution in [-0.4, -0.2) is 23.2 Å². The molecular weight excluding hydrogens is 361 g/mol. The summed E-state index contributed by atoms with van der Waals surface area (Å²) in [6.07, 6.45) is 1.62. The van der Waals surface area contributed by atoms with Gasteiger partial charge in [0.25, 0.3) is 11.5 Å². The molecule has 0 radical (unpaired) electrons. The van der Waals surface area contributed by atoms with Crippen LogP contribution < -0.4 is 10.9 Å². The second-order valence-electron chi connectivity index (χ2n) is 6.57. The number of ether oxygens (including phenoxy) is 1. The highest BCUT2D eigenvalue weighted by molar-refractivity contribution is 6.05. The SMILES string of the molecule is Cc1cc(C)n(CC2CCCO2)c(=O)c1C(=O)Nc1ccc(F)c(F)c1F. The van der Waals surface area contributed by atoms with Crippen LogP contribution in [-0.2, 0) is 11.3 Å². The van der Waals surface area contributed by atoms with E-state index < -0.39 is 34.6 Å². The fraction of sp³-hybridized carbons (Fsp3) is 0.368. The first-order chi connectivity index (χ1) is 12.8. The minimum atomic E-state index is -1.69. The third-order valence-corrected chi connectivity index (χ3v) is 4.63. The zero-order valence-electron chi connectivity index (χ0n) is 14.9. The van der Waals surface area contributed by atoms with Crippen LogP contribution in [0.5, 0.6) is 0 Å². The van der Waals surface area contributed by atoms with Gasteiger partial charge in [0.15, 0.2) is 17.5 Å². The van der Waals surface area contributed by atoms with Crippen molar-refractivity contribution in [3.63, 3.8) is 0 Å². The zero-order valence-corrected chi connectivity index (χ0v) is 14.9. The molecule has 3 rings (SSSR count). The predicted octanol–water partition coefficient (Wildman–Crippen LogP) is 3.31. The molecule has 1 atom stereocenters. The molecule has 1 unspecified atom stereocenters. The lowest BCUT2D eigenvalue weighted by atomic mass is 10.1. The molecule has 1 fully saturated rings. The summed E-state index contributed by atoms with van der Waals surface area (Å²) < 4.78 is 47.2. The Morgan fingerprint density at radius 2 is 2.00 bits per heavy atom. The summed E-state index contributed by atoms with van der Waals surface area (Å²) in [6.45, 7) is 4.28. The Balaban J connectivity index is 1.94. The summed E-state index contributed by atoms with van der Waals surface area (Å²) in [6, 6.07) is 3.28. The van der Waals surface area contributed by atoms with Gasteiger partial charge in [0.1, 0.15) is 5.56 Å². The molecule has 0 spiro atoms. The molecule has 0 aliphatic carbocycles. The second-order valence-corrected chi connectivity index (χ2v) is 6.57. The van der Waals surface area contributed by atoms with Crippen LogP contribution in [0.1, 0.15) is 34.5 Å². The Kier molecular flexibility index (Phi) is 5.36. The molecule has 1 aromatic heterocycles. The molecule has 1 N–H and O–H groups in total. The maximum atomic E-state index is 13.8. The number of carbonyl (C=O) groups is 1. The summed E-state index contributed by atoms with van der Waals surface area (Å²) in [5, 5.41) is 2.15. The van der Waals surface area contributed by atoms with E-state index in [2.05, 4.69) is 5.32 Å². The van der Waals surface area contributed by atoms with Gasteiger partial charge < -0.3 is 14.6 Å². The molecule has 1 aromatic carbocycles. The molecule has 0 bridgehead atoms. The van der Waals surface area contributed by atoms with E-state index in [1.807, 2.05) is 0 Å². The number of hydrogen-bond acceptors (Lipinski definition) is 3. The Labute approximate surface area is 153 Å². The highest BCUT2D eigenvalue weighted by atomic mass is 19.2. The van der Waals surface area contributed by atoms with E-state index in [1.54, 1.807) is 19.9 Å². The Morgan fingerprint density at radius 1 is 1.26 bits per heavy atom. The number of aryl methyl sites for hydroxylation is 2. The topological polar surface area (TPSA) is 60.3 Å². The molecule has 5 nitrogen and oxygen atoms in total. The van der Waals surface area contributed by atoms with Gasteiger partial charge in [-0.15, -0.1) is 0 Å². The monoisotopic (exact) mass is 380 g/mol. The molecule has 1 aliphatic rings. The average molecular weight is 380 g/mol. The van der Waals surface area contributed by atoms with Gasteiger partial charge in [0.2, 0.25) is 0 Å². The van der Waals surface area contributed by atoms with Gasteiger partial charge in [0.05, 0.1) is 18.3 Å². The first kappa shape index (κ1) is 19.2. The molecular formula is C19H19F3N2O3. The van der Waals surface area contributed by atoms with Crippen molar-refractivity contribution in [1.82, 2.24) is 4.57 Å². The first-order valence-corrected chi connectivity index (χ1v) is 8.57. The van der Waals surface area contributed by atoms with Crippen molar-refractivity contribution in [3.05, 3.63) is 62.8 Å². The number of pyridine rings is 1. The molecule has 8 heteroatoms. The number of aromatic nitrogens is 1. The number of hydrogen-bond donors (Lipinski definition) is 1. The smallest absolute Gasteiger partial charge is 0.263 e. The quantitative estimate of drug-likeness (QED) is 0.828. The van der Waals surface area contributed by atoms with Gasteiger partial charge in [-0.3, -0.25) is 9.59 Å². The number of benzene rings is 1. The average Bonchev–Trinajstić information content (AvgIpc) is 3.12. The van der Waals surface area contributed by atoms with Crippen LogP contribution in [0.2, 0.25) is 0 Å². The zero-order chi connectivity index (χ0) is 19.7. The van der Waals surface area contributed by atoms with Gasteiger partial charge >= 0.3 is 0 Å². The summed E-state index contributed by atoms with van der Waals surface area (Å²) in [5.74, 6) is -5.46. The summed E-state index contributed by atoms with van der Waals surface area (Å²) in [5.41, 5.74) is -0.180. The summed E-state index contributed by atoms with van der Waals surface area (Å²) >= 11 is 0. The van der Waals surface area contributed by atoms with Crippen LogP contribution in [0.15, 0.2) is 23.0 Å². The van der Waals surface area contributed by atoms with Crippen molar-refractivity contribution in [2.75, 3.05) is 11.9 Å². The van der Waals surface area contributed by atoms with E-state index in [4.69, 9.17) is 4.74 Å². The van der Waals surface area contributed by atoms with E-state index in [1.165, 1.54) is 4.57 Å². The lowest BCUT2D eigenvalue weighted by Gasteiger charge is -2.17. The lowest BCUT2D eigenvalue weighted by Crippen LogP contribution is -2.34. The maximum absolute atomic E-state index is 13.8. The van der Waals surface area contributed by atoms with Crippen LogP contribution in [0.25, 0.3) is 0 Å². The highest BCUT2D eigenvalue weighted by Gasteiger charge is 2.23. The van der Waals surface area contributed by atoms with Crippen molar-refractivity contribution in [3.8, 4) is 0 Å².